The summed E-state index contributed by atoms with van der Waals surface area (Å²) in [6, 6.07) is 20.9. The molecule has 27 heavy (non-hydrogen) atoms. The van der Waals surface area contributed by atoms with Crippen LogP contribution in [-0.4, -0.2) is 44.1 Å². The van der Waals surface area contributed by atoms with Crippen molar-refractivity contribution in [2.45, 2.75) is 38.3 Å². The van der Waals surface area contributed by atoms with E-state index in [1.54, 1.807) is 0 Å². The van der Waals surface area contributed by atoms with E-state index in [0.717, 1.165) is 12.0 Å². The van der Waals surface area contributed by atoms with Crippen LogP contribution in [0.25, 0.3) is 0 Å². The molecule has 3 rings (SSSR count). The Labute approximate surface area is 163 Å². The van der Waals surface area contributed by atoms with Crippen LogP contribution in [0.1, 0.15) is 30.4 Å². The van der Waals surface area contributed by atoms with Gasteiger partial charge in [0.15, 0.2) is 0 Å². The third-order valence-electron chi connectivity index (χ3n) is 4.82. The van der Waals surface area contributed by atoms with Gasteiger partial charge in [-0.25, -0.2) is 0 Å². The van der Waals surface area contributed by atoms with E-state index in [4.69, 9.17) is 0 Å². The van der Waals surface area contributed by atoms with E-state index >= 15 is 0 Å². The largest absolute Gasteiger partial charge is 0.463 e. The molecule has 1 aliphatic rings. The monoisotopic (exact) mass is 368 g/mol. The molecule has 0 unspecified atom stereocenters. The number of benzene rings is 2. The number of nitrogens with one attached hydrogen (secondary N) is 1. The van der Waals surface area contributed by atoms with Crippen LogP contribution in [0.5, 0.6) is 0 Å². The molecule has 0 aromatic heterocycles. The van der Waals surface area contributed by atoms with E-state index in [1.165, 1.54) is 44.5 Å². The molecule has 0 aliphatic carbocycles. The first-order chi connectivity index (χ1) is 13.3. The number of rotatable bonds is 8. The summed E-state index contributed by atoms with van der Waals surface area (Å²) in [4.78, 5) is 12.4. The van der Waals surface area contributed by atoms with Crippen molar-refractivity contribution in [2.24, 2.45) is 0 Å². The molecule has 0 radical (unpaired) electrons. The van der Waals surface area contributed by atoms with Gasteiger partial charge in [-0.15, -0.1) is 0 Å². The minimum Gasteiger partial charge on any atom is -0.463 e. The quantitative estimate of drug-likeness (QED) is 0.722. The average Bonchev–Trinajstić information content (AvgIpc) is 2.74. The van der Waals surface area contributed by atoms with Gasteiger partial charge in [-0.1, -0.05) is 67.1 Å². The fraction of sp³-hybridized carbons (Fsp3) is 0.435. The maximum Gasteiger partial charge on any atom is 0.293 e. The summed E-state index contributed by atoms with van der Waals surface area (Å²) in [5.74, 6) is 0. The molecule has 1 fully saturated rings. The first kappa shape index (κ1) is 21.1. The SMILES string of the molecule is CN[C@@H](Cc1ccccc1)CN1CCCCC1.O=COCc1ccccc1. The lowest BCUT2D eigenvalue weighted by molar-refractivity contribution is -0.129. The number of carbonyl (C=O) groups is 1. The first-order valence-electron chi connectivity index (χ1n) is 9.84. The summed E-state index contributed by atoms with van der Waals surface area (Å²) in [5, 5.41) is 3.46. The Morgan fingerprint density at radius 2 is 1.56 bits per heavy atom. The number of hydrogen-bond donors (Lipinski definition) is 1. The average molecular weight is 369 g/mol. The van der Waals surface area contributed by atoms with Crippen molar-refractivity contribution in [2.75, 3.05) is 26.7 Å². The molecule has 0 spiro atoms. The van der Waals surface area contributed by atoms with E-state index < -0.39 is 0 Å². The second kappa shape index (κ2) is 13.1. The summed E-state index contributed by atoms with van der Waals surface area (Å²) in [6.07, 6.45) is 5.30. The van der Waals surface area contributed by atoms with Gasteiger partial charge in [0.05, 0.1) is 0 Å². The molecule has 4 heteroatoms. The summed E-state index contributed by atoms with van der Waals surface area (Å²) in [7, 11) is 2.08. The smallest absolute Gasteiger partial charge is 0.293 e. The number of likely N-dealkylation sites (N-methyl/N-ethyl adjacent to an activating group) is 1. The van der Waals surface area contributed by atoms with Crippen LogP contribution in [0.2, 0.25) is 0 Å². The second-order valence-electron chi connectivity index (χ2n) is 6.93. The zero-order valence-corrected chi connectivity index (χ0v) is 16.3. The lowest BCUT2D eigenvalue weighted by atomic mass is 10.0. The molecule has 1 heterocycles. The molecular weight excluding hydrogens is 336 g/mol. The van der Waals surface area contributed by atoms with Gasteiger partial charge in [0, 0.05) is 12.6 Å². The number of ether oxygens (including phenoxy) is 1. The molecule has 1 atom stereocenters. The van der Waals surface area contributed by atoms with Crippen molar-refractivity contribution in [3.8, 4) is 0 Å². The highest BCUT2D eigenvalue weighted by Gasteiger charge is 2.15. The molecular formula is C23H32N2O2. The van der Waals surface area contributed by atoms with E-state index in [2.05, 4.69) is 52.3 Å². The molecule has 0 bridgehead atoms. The van der Waals surface area contributed by atoms with Crippen molar-refractivity contribution < 1.29 is 9.53 Å². The molecule has 146 valence electrons. The van der Waals surface area contributed by atoms with Crippen LogP contribution < -0.4 is 5.32 Å². The van der Waals surface area contributed by atoms with Crippen LogP contribution in [0, 0.1) is 0 Å². The molecule has 2 aromatic carbocycles. The molecule has 0 amide bonds. The van der Waals surface area contributed by atoms with E-state index in [1.807, 2.05) is 30.3 Å². The number of nitrogens with zero attached hydrogens (tertiary/aromatic N) is 1. The minimum absolute atomic E-state index is 0.365. The molecule has 1 saturated heterocycles. The van der Waals surface area contributed by atoms with Crippen molar-refractivity contribution in [3.63, 3.8) is 0 Å². The Morgan fingerprint density at radius 1 is 0.963 bits per heavy atom. The molecule has 1 aliphatic heterocycles. The number of carbonyl (C=O) groups excluding carboxylic acids is 1. The topological polar surface area (TPSA) is 41.6 Å². The van der Waals surface area contributed by atoms with Crippen molar-refractivity contribution in [1.82, 2.24) is 10.2 Å². The van der Waals surface area contributed by atoms with Crippen molar-refractivity contribution in [3.05, 3.63) is 71.8 Å². The standard InChI is InChI=1S/C15H24N2.C8H8O2/c1-16-15(12-14-8-4-2-5-9-14)13-17-10-6-3-7-11-17;9-7-10-6-8-4-2-1-3-5-8/h2,4-5,8-9,15-16H,3,6-7,10-13H2,1H3;1-5,7H,6H2/t15-;/m0./s1. The van der Waals surface area contributed by atoms with E-state index in [-0.39, 0.29) is 0 Å². The Bertz CT molecular complexity index is 613. The highest BCUT2D eigenvalue weighted by atomic mass is 16.5. The van der Waals surface area contributed by atoms with Gasteiger partial charge >= 0.3 is 0 Å². The Kier molecular flexibility index (Phi) is 10.2. The highest BCUT2D eigenvalue weighted by Crippen LogP contribution is 2.11. The van der Waals surface area contributed by atoms with Crippen molar-refractivity contribution in [1.29, 1.82) is 0 Å². The Hall–Kier alpha value is -2.17. The lowest BCUT2D eigenvalue weighted by Gasteiger charge is -2.30. The zero-order chi connectivity index (χ0) is 19.2. The highest BCUT2D eigenvalue weighted by molar-refractivity contribution is 5.37. The second-order valence-corrected chi connectivity index (χ2v) is 6.93. The third kappa shape index (κ3) is 8.85. The first-order valence-corrected chi connectivity index (χ1v) is 9.84. The van der Waals surface area contributed by atoms with Crippen LogP contribution in [0.4, 0.5) is 0 Å². The molecule has 4 nitrogen and oxygen atoms in total. The lowest BCUT2D eigenvalue weighted by Crippen LogP contribution is -2.42. The predicted molar refractivity (Wildman–Crippen MR) is 111 cm³/mol. The van der Waals surface area contributed by atoms with Gasteiger partial charge in [-0.2, -0.15) is 0 Å². The van der Waals surface area contributed by atoms with Crippen molar-refractivity contribution >= 4 is 6.47 Å². The fourth-order valence-corrected chi connectivity index (χ4v) is 3.31. The summed E-state index contributed by atoms with van der Waals surface area (Å²) in [6.45, 7) is 4.57. The number of hydrogen-bond acceptors (Lipinski definition) is 4. The van der Waals surface area contributed by atoms with Gasteiger partial charge in [-0.3, -0.25) is 4.79 Å². The number of piperidine rings is 1. The van der Waals surface area contributed by atoms with Crippen LogP contribution >= 0.6 is 0 Å². The van der Waals surface area contributed by atoms with E-state index in [0.29, 0.717) is 19.1 Å². The molecule has 0 saturated carbocycles. The van der Waals surface area contributed by atoms with Gasteiger partial charge < -0.3 is 15.0 Å². The van der Waals surface area contributed by atoms with Gasteiger partial charge in [0.1, 0.15) is 6.61 Å². The predicted octanol–water partition coefficient (Wildman–Crippen LogP) is 3.66. The number of likely N-dealkylation sites (tertiary alicyclic amines) is 1. The maximum absolute atomic E-state index is 9.76. The van der Waals surface area contributed by atoms with Gasteiger partial charge in [0.2, 0.25) is 0 Å². The normalized spacial score (nSPS) is 15.3. The van der Waals surface area contributed by atoms with Gasteiger partial charge in [0.25, 0.3) is 6.47 Å². The van der Waals surface area contributed by atoms with Crippen LogP contribution in [0.3, 0.4) is 0 Å². The fourth-order valence-electron chi connectivity index (χ4n) is 3.31. The van der Waals surface area contributed by atoms with Crippen LogP contribution in [-0.2, 0) is 22.6 Å². The summed E-state index contributed by atoms with van der Waals surface area (Å²) in [5.41, 5.74) is 2.44. The molecule has 1 N–H and O–H groups in total. The van der Waals surface area contributed by atoms with Crippen LogP contribution in [0.15, 0.2) is 60.7 Å². The Balaban J connectivity index is 0.000000223. The Morgan fingerprint density at radius 3 is 2.11 bits per heavy atom. The zero-order valence-electron chi connectivity index (χ0n) is 16.3. The van der Waals surface area contributed by atoms with Gasteiger partial charge in [-0.05, 0) is 50.5 Å². The summed E-state index contributed by atoms with van der Waals surface area (Å²) >= 11 is 0. The third-order valence-corrected chi connectivity index (χ3v) is 4.82. The molecule has 2 aromatic rings. The van der Waals surface area contributed by atoms with E-state index in [9.17, 15) is 4.79 Å². The summed E-state index contributed by atoms with van der Waals surface area (Å²) < 4.78 is 4.54. The maximum atomic E-state index is 9.76. The minimum atomic E-state index is 0.365.